The Labute approximate surface area is 697 Å². The van der Waals surface area contributed by atoms with Crippen LogP contribution in [0.1, 0.15) is 231 Å². The smallest absolute Gasteiger partial charge is 0.410 e. The van der Waals surface area contributed by atoms with Crippen molar-refractivity contribution in [2.75, 3.05) is 38.4 Å². The van der Waals surface area contributed by atoms with E-state index in [1.807, 2.05) is 60.7 Å². The van der Waals surface area contributed by atoms with Crippen LogP contribution in [0.25, 0.3) is 0 Å². The number of aryl methyl sites for hydroxylation is 3. The second-order valence-corrected chi connectivity index (χ2v) is 41.1. The van der Waals surface area contributed by atoms with Crippen LogP contribution in [-0.4, -0.2) is 243 Å². The van der Waals surface area contributed by atoms with Gasteiger partial charge in [0.15, 0.2) is 19.7 Å². The molecule has 6 saturated heterocycles. The molecule has 648 valence electrons. The lowest BCUT2D eigenvalue weighted by atomic mass is 9.87. The average Bonchev–Trinajstić information content (AvgIpc) is 1.58. The zero-order valence-electron chi connectivity index (χ0n) is 70.6. The molecular weight excluding hydrogens is 1580 g/mol. The van der Waals surface area contributed by atoms with Crippen molar-refractivity contribution in [3.63, 3.8) is 0 Å². The van der Waals surface area contributed by atoms with Gasteiger partial charge in [-0.05, 0) is 238 Å². The van der Waals surface area contributed by atoms with Crippen molar-refractivity contribution in [1.29, 1.82) is 0 Å². The molecule has 6 aliphatic heterocycles. The summed E-state index contributed by atoms with van der Waals surface area (Å²) >= 11 is 1.66. The summed E-state index contributed by atoms with van der Waals surface area (Å²) in [4.78, 5) is 166. The second-order valence-electron chi connectivity index (χ2n) is 35.3. The van der Waals surface area contributed by atoms with E-state index in [-0.39, 0.29) is 85.3 Å². The molecule has 0 bridgehead atoms. The fourth-order valence-electron chi connectivity index (χ4n) is 16.7. The van der Waals surface area contributed by atoms with E-state index in [9.17, 15) is 74.4 Å². The number of hydrogen-bond donors (Lipinski definition) is 6. The minimum absolute atomic E-state index is 0.0547. The van der Waals surface area contributed by atoms with Gasteiger partial charge in [-0.15, -0.1) is 11.8 Å². The molecule has 3 aliphatic carbocycles. The number of ether oxygens (including phenoxy) is 3. The Balaban J connectivity index is 0.000000186. The number of benzene rings is 3. The standard InChI is InChI=1S/2C28H40N4O7S.C28H40N4O5S/c2*1-17(31(5)27(36)39-28(2,3)4)24(33)30-21-15-16-40(37,38)23-14-13-22(32(23)26(21)35)25(34)29-20-12-8-10-18-9-6-7-11-19(18)20;1-17(31(5)27(36)37-28(2,3)4)24(33)30-21-15-16-38-23-14-13-22(32(23)26(21)35)25(34)29-20-12-8-10-18-9-6-7-11-19(18)20/h2*6-7,9,11,17,20-23H,8,10,12-16H2,1-5H3,(H,29,34)(H,30,33);6-7,9,11,17,20-23H,8,10,12-16H2,1-5H3,(H,29,34)(H,30,33)/t17-,20+,21-,22+,23-;17-,20+,21-,22-,23-;17-,20+,21-,22?,23-/m000/s1. The number of fused-ring (bicyclic) bond motifs is 6. The number of hydrogen-bond acceptors (Lipinski definition) is 20. The summed E-state index contributed by atoms with van der Waals surface area (Å²) in [5.74, 6) is -3.94. The Morgan fingerprint density at radius 3 is 1.00 bits per heavy atom. The van der Waals surface area contributed by atoms with Crippen LogP contribution in [0.3, 0.4) is 0 Å². The van der Waals surface area contributed by atoms with E-state index >= 15 is 0 Å². The summed E-state index contributed by atoms with van der Waals surface area (Å²) in [5, 5.41) is 15.2. The number of rotatable bonds is 15. The maximum absolute atomic E-state index is 13.7. The third-order valence-electron chi connectivity index (χ3n) is 23.4. The van der Waals surface area contributed by atoms with Crippen molar-refractivity contribution < 1.29 is 88.6 Å². The molecule has 118 heavy (non-hydrogen) atoms. The topological polar surface area (TPSA) is 392 Å². The molecule has 1 unspecified atom stereocenters. The third kappa shape index (κ3) is 21.9. The Hall–Kier alpha value is -9.05. The van der Waals surface area contributed by atoms with Gasteiger partial charge in [-0.2, -0.15) is 0 Å². The van der Waals surface area contributed by atoms with Crippen LogP contribution in [-0.2, 0) is 96.3 Å². The normalized spacial score (nSPS) is 26.3. The summed E-state index contributed by atoms with van der Waals surface area (Å²) in [5.41, 5.74) is 4.65. The Bertz CT molecular complexity index is 4310. The van der Waals surface area contributed by atoms with Crippen LogP contribution in [0.2, 0.25) is 0 Å². The molecule has 12 rings (SSSR count). The average molecular weight is 1700 g/mol. The molecule has 12 amide bonds. The van der Waals surface area contributed by atoms with Gasteiger partial charge < -0.3 is 60.8 Å². The summed E-state index contributed by atoms with van der Waals surface area (Å²) < 4.78 is 68.6. The first-order valence-electron chi connectivity index (χ1n) is 41.3. The van der Waals surface area contributed by atoms with Crippen molar-refractivity contribution in [1.82, 2.24) is 61.3 Å². The molecule has 34 heteroatoms. The zero-order valence-corrected chi connectivity index (χ0v) is 73.1. The first-order chi connectivity index (χ1) is 55.3. The maximum atomic E-state index is 13.7. The van der Waals surface area contributed by atoms with E-state index in [0.717, 1.165) is 90.7 Å². The number of carbonyl (C=O) groups is 12. The van der Waals surface area contributed by atoms with Crippen molar-refractivity contribution >= 4 is 103 Å². The van der Waals surface area contributed by atoms with Gasteiger partial charge in [0.1, 0.15) is 81.9 Å². The van der Waals surface area contributed by atoms with E-state index < -0.39 is 161 Å². The SMILES string of the molecule is C[C@@H](C(=O)N[C@H]1CCS(=O)(=O)[C@H]2CC[C@@H](C(=O)N[C@@H]3CCCc4ccccc43)N2C1=O)N(C)C(=O)OC(C)(C)C.C[C@@H](C(=O)N[C@H]1CCS(=O)(=O)[C@H]2CC[C@H](C(=O)N[C@@H]3CCCc4ccccc43)N2C1=O)N(C)C(=O)OC(C)(C)C.C[C@@H](C(=O)N[C@H]1CCS[C@H]2CCC(C(=O)N[C@@H]3CCCc4ccccc43)N2C1=O)N(C)C(=O)OC(C)(C)C. The lowest BCUT2D eigenvalue weighted by Gasteiger charge is -2.33. The number of nitrogens with one attached hydrogen (secondary N) is 6. The number of thioether (sulfide) groups is 1. The highest BCUT2D eigenvalue weighted by atomic mass is 32.2. The molecule has 31 nitrogen and oxygen atoms in total. The molecule has 15 atom stereocenters. The minimum Gasteiger partial charge on any atom is -0.444 e. The predicted molar refractivity (Wildman–Crippen MR) is 442 cm³/mol. The van der Waals surface area contributed by atoms with E-state index in [2.05, 4.69) is 44.0 Å². The Morgan fingerprint density at radius 2 is 0.678 bits per heavy atom. The molecule has 9 aliphatic rings. The van der Waals surface area contributed by atoms with E-state index in [0.29, 0.717) is 18.6 Å². The molecule has 0 aromatic heterocycles. The fourth-order valence-corrected chi connectivity index (χ4v) is 21.9. The van der Waals surface area contributed by atoms with Crippen molar-refractivity contribution in [2.45, 2.75) is 304 Å². The minimum atomic E-state index is -3.73. The van der Waals surface area contributed by atoms with Gasteiger partial charge in [-0.25, -0.2) is 31.2 Å². The van der Waals surface area contributed by atoms with Crippen LogP contribution in [0.4, 0.5) is 14.4 Å². The summed E-state index contributed by atoms with van der Waals surface area (Å²) in [6, 6.07) is 15.2. The third-order valence-corrected chi connectivity index (χ3v) is 28.9. The number of carbonyl (C=O) groups excluding carboxylic acids is 12. The number of sulfone groups is 2. The zero-order chi connectivity index (χ0) is 86.4. The van der Waals surface area contributed by atoms with Gasteiger partial charge in [-0.1, -0.05) is 72.8 Å². The van der Waals surface area contributed by atoms with Crippen LogP contribution in [0.5, 0.6) is 0 Å². The maximum Gasteiger partial charge on any atom is 0.410 e. The highest BCUT2D eigenvalue weighted by molar-refractivity contribution is 7.99. The number of likely N-dealkylation sites (N-methyl/N-ethyl adjacent to an activating group) is 3. The van der Waals surface area contributed by atoms with Crippen molar-refractivity contribution in [2.24, 2.45) is 0 Å². The fraction of sp³-hybridized carbons (Fsp3) is 0.643. The van der Waals surface area contributed by atoms with Gasteiger partial charge in [0.25, 0.3) is 0 Å². The summed E-state index contributed by atoms with van der Waals surface area (Å²) in [6.07, 6.45) is 8.41. The van der Waals surface area contributed by atoms with E-state index in [4.69, 9.17) is 14.2 Å². The summed E-state index contributed by atoms with van der Waals surface area (Å²) in [7, 11) is -3.12. The van der Waals surface area contributed by atoms with Crippen LogP contribution < -0.4 is 31.9 Å². The molecule has 6 fully saturated rings. The van der Waals surface area contributed by atoms with Gasteiger partial charge in [-0.3, -0.25) is 57.9 Å². The van der Waals surface area contributed by atoms with Gasteiger partial charge in [0, 0.05) is 21.1 Å². The van der Waals surface area contributed by atoms with Crippen LogP contribution in [0, 0.1) is 0 Å². The van der Waals surface area contributed by atoms with Crippen LogP contribution >= 0.6 is 11.8 Å². The van der Waals surface area contributed by atoms with Crippen molar-refractivity contribution in [3.05, 3.63) is 106 Å². The van der Waals surface area contributed by atoms with Gasteiger partial charge in [0.2, 0.25) is 53.2 Å². The van der Waals surface area contributed by atoms with E-state index in [1.54, 1.807) is 85.9 Å². The number of amides is 12. The Kier molecular flexibility index (Phi) is 29.2. The van der Waals surface area contributed by atoms with Gasteiger partial charge in [0.05, 0.1) is 35.0 Å². The molecule has 6 N–H and O–H groups in total. The summed E-state index contributed by atoms with van der Waals surface area (Å²) in [6.45, 7) is 20.1. The monoisotopic (exact) mass is 1700 g/mol. The molecule has 3 aromatic rings. The molecule has 0 spiro atoms. The molecule has 0 saturated carbocycles. The van der Waals surface area contributed by atoms with Gasteiger partial charge >= 0.3 is 18.3 Å². The lowest BCUT2D eigenvalue weighted by molar-refractivity contribution is -0.142. The highest BCUT2D eigenvalue weighted by Gasteiger charge is 2.54. The molecule has 3 aromatic carbocycles. The first-order valence-corrected chi connectivity index (χ1v) is 45.8. The molecular formula is C84H120N12O19S3. The quantitative estimate of drug-likeness (QED) is 0.0802. The van der Waals surface area contributed by atoms with E-state index in [1.165, 1.54) is 66.4 Å². The van der Waals surface area contributed by atoms with Crippen LogP contribution in [0.15, 0.2) is 72.8 Å². The largest absolute Gasteiger partial charge is 0.444 e. The highest BCUT2D eigenvalue weighted by Crippen LogP contribution is 2.40. The lowest BCUT2D eigenvalue weighted by Crippen LogP contribution is -2.57. The second kappa shape index (κ2) is 37.7. The predicted octanol–water partition coefficient (Wildman–Crippen LogP) is 7.49. The molecule has 0 radical (unpaired) electrons. The van der Waals surface area contributed by atoms with Crippen molar-refractivity contribution in [3.8, 4) is 0 Å². The molecule has 6 heterocycles. The number of nitrogens with zero attached hydrogens (tertiary/aromatic N) is 6. The Morgan fingerprint density at radius 1 is 0.390 bits per heavy atom. The first kappa shape index (κ1) is 91.3.